The molecular formula is C3HN3S2. The third-order valence-electron chi connectivity index (χ3n) is 0.515. The lowest BCUT2D eigenvalue weighted by molar-refractivity contribution is 1.17. The molecule has 0 bridgehead atoms. The lowest BCUT2D eigenvalue weighted by Gasteiger charge is -1.64. The molecule has 1 aromatic rings. The van der Waals surface area contributed by atoms with E-state index in [1.165, 1.54) is 0 Å². The molecule has 0 amide bonds. The van der Waals surface area contributed by atoms with Crippen molar-refractivity contribution < 1.29 is 0 Å². The summed E-state index contributed by atoms with van der Waals surface area (Å²) in [5.74, 6) is 0.194. The fourth-order valence-electron chi connectivity index (χ4n) is 0.261. The molecular weight excluding hydrogens is 142 g/mol. The van der Waals surface area contributed by atoms with Crippen molar-refractivity contribution in [2.45, 2.75) is 4.34 Å². The normalized spacial score (nSPS) is 8.50. The van der Waals surface area contributed by atoms with Crippen LogP contribution in [-0.4, -0.2) is 9.36 Å². The molecule has 0 atom stereocenters. The highest BCUT2D eigenvalue weighted by Gasteiger charge is 1.94. The Morgan fingerprint density at radius 2 is 2.50 bits per heavy atom. The number of hydrogen-bond acceptors (Lipinski definition) is 5. The van der Waals surface area contributed by atoms with Crippen molar-refractivity contribution >= 4 is 24.2 Å². The number of nitrogens with zero attached hydrogens (tertiary/aromatic N) is 3. The second kappa shape index (κ2) is 2.11. The van der Waals surface area contributed by atoms with Gasteiger partial charge in [0.25, 0.3) is 0 Å². The molecule has 0 saturated heterocycles. The van der Waals surface area contributed by atoms with Gasteiger partial charge in [-0.3, -0.25) is 0 Å². The van der Waals surface area contributed by atoms with Crippen LogP contribution in [0, 0.1) is 11.3 Å². The summed E-state index contributed by atoms with van der Waals surface area (Å²) in [6.45, 7) is 0. The Labute approximate surface area is 55.6 Å². The third kappa shape index (κ3) is 0.967. The maximum Gasteiger partial charge on any atom is 0.244 e. The zero-order valence-corrected chi connectivity index (χ0v) is 5.41. The molecule has 3 nitrogen and oxygen atoms in total. The molecule has 0 aliphatic rings. The van der Waals surface area contributed by atoms with Crippen LogP contribution in [0.25, 0.3) is 0 Å². The van der Waals surface area contributed by atoms with Crippen molar-refractivity contribution in [1.29, 1.82) is 5.26 Å². The van der Waals surface area contributed by atoms with E-state index in [1.807, 2.05) is 0 Å². The summed E-state index contributed by atoms with van der Waals surface area (Å²) in [6, 6.07) is 1.79. The standard InChI is InChI=1S/C3HN3S2/c4-1-2-5-3(7)8-6-2/h(H,5,6,7). The van der Waals surface area contributed by atoms with Crippen molar-refractivity contribution in [2.75, 3.05) is 0 Å². The van der Waals surface area contributed by atoms with Gasteiger partial charge in [-0.05, 0) is 11.5 Å². The van der Waals surface area contributed by atoms with Crippen LogP contribution in [0.1, 0.15) is 5.82 Å². The Bertz CT molecular complexity index is 223. The second-order valence-corrected chi connectivity index (χ2v) is 2.49. The van der Waals surface area contributed by atoms with Gasteiger partial charge in [0.2, 0.25) is 5.82 Å². The molecule has 0 spiro atoms. The van der Waals surface area contributed by atoms with Crippen molar-refractivity contribution in [3.05, 3.63) is 5.82 Å². The average Bonchev–Trinajstić information content (AvgIpc) is 2.14. The zero-order valence-electron chi connectivity index (χ0n) is 3.70. The molecule has 0 aromatic carbocycles. The van der Waals surface area contributed by atoms with Gasteiger partial charge in [-0.1, -0.05) is 0 Å². The summed E-state index contributed by atoms with van der Waals surface area (Å²) in [4.78, 5) is 3.64. The van der Waals surface area contributed by atoms with E-state index in [0.717, 1.165) is 11.5 Å². The largest absolute Gasteiger partial charge is 0.244 e. The third-order valence-corrected chi connectivity index (χ3v) is 1.38. The van der Waals surface area contributed by atoms with Crippen LogP contribution in [0.2, 0.25) is 0 Å². The lowest BCUT2D eigenvalue weighted by atomic mass is 10.7. The van der Waals surface area contributed by atoms with Crippen LogP contribution < -0.4 is 0 Å². The Morgan fingerprint density at radius 3 is 2.75 bits per heavy atom. The average molecular weight is 143 g/mol. The molecule has 0 N–H and O–H groups in total. The minimum absolute atomic E-state index is 0.194. The van der Waals surface area contributed by atoms with Crippen LogP contribution in [0.4, 0.5) is 0 Å². The second-order valence-electron chi connectivity index (χ2n) is 1.01. The first-order chi connectivity index (χ1) is 3.83. The zero-order chi connectivity index (χ0) is 5.98. The van der Waals surface area contributed by atoms with Crippen molar-refractivity contribution in [2.24, 2.45) is 0 Å². The van der Waals surface area contributed by atoms with Crippen LogP contribution in [0.15, 0.2) is 4.34 Å². The van der Waals surface area contributed by atoms with Crippen LogP contribution in [-0.2, 0) is 0 Å². The summed E-state index contributed by atoms with van der Waals surface area (Å²) in [5, 5.41) is 8.15. The van der Waals surface area contributed by atoms with Gasteiger partial charge in [-0.15, -0.1) is 12.6 Å². The van der Waals surface area contributed by atoms with E-state index < -0.39 is 0 Å². The van der Waals surface area contributed by atoms with E-state index in [9.17, 15) is 0 Å². The SMILES string of the molecule is N#Cc1nsc(S)n1. The first-order valence-electron chi connectivity index (χ1n) is 1.75. The molecule has 0 unspecified atom stereocenters. The van der Waals surface area contributed by atoms with Gasteiger partial charge in [0, 0.05) is 0 Å². The van der Waals surface area contributed by atoms with Gasteiger partial charge in [0.05, 0.1) is 0 Å². The Kier molecular flexibility index (Phi) is 1.46. The monoisotopic (exact) mass is 143 g/mol. The van der Waals surface area contributed by atoms with Crippen molar-refractivity contribution in [3.63, 3.8) is 0 Å². The molecule has 1 rings (SSSR count). The molecule has 0 fully saturated rings. The summed E-state index contributed by atoms with van der Waals surface area (Å²) >= 11 is 4.96. The number of hydrogen-bond donors (Lipinski definition) is 1. The summed E-state index contributed by atoms with van der Waals surface area (Å²) < 4.78 is 4.16. The highest BCUT2D eigenvalue weighted by molar-refractivity contribution is 7.82. The molecule has 0 radical (unpaired) electrons. The van der Waals surface area contributed by atoms with Gasteiger partial charge in [-0.25, -0.2) is 0 Å². The van der Waals surface area contributed by atoms with Crippen LogP contribution >= 0.6 is 24.2 Å². The quantitative estimate of drug-likeness (QED) is 0.544. The van der Waals surface area contributed by atoms with E-state index in [0.29, 0.717) is 4.34 Å². The summed E-state index contributed by atoms with van der Waals surface area (Å²) in [5.41, 5.74) is 0. The van der Waals surface area contributed by atoms with Crippen molar-refractivity contribution in [3.8, 4) is 6.07 Å². The van der Waals surface area contributed by atoms with Gasteiger partial charge in [-0.2, -0.15) is 14.6 Å². The van der Waals surface area contributed by atoms with Gasteiger partial charge in [0.1, 0.15) is 6.07 Å². The fourth-order valence-corrected chi connectivity index (χ4v) is 0.855. The van der Waals surface area contributed by atoms with E-state index >= 15 is 0 Å². The van der Waals surface area contributed by atoms with E-state index in [1.54, 1.807) is 6.07 Å². The summed E-state index contributed by atoms with van der Waals surface area (Å²) in [7, 11) is 0. The molecule has 0 aliphatic carbocycles. The number of rotatable bonds is 0. The number of aromatic nitrogens is 2. The Balaban J connectivity index is 3.05. The van der Waals surface area contributed by atoms with E-state index in [-0.39, 0.29) is 5.82 Å². The molecule has 1 heterocycles. The molecule has 0 aliphatic heterocycles. The predicted octanol–water partition coefficient (Wildman–Crippen LogP) is 0.698. The summed E-state index contributed by atoms with van der Waals surface area (Å²) in [6.07, 6.45) is 0. The molecule has 1 aromatic heterocycles. The van der Waals surface area contributed by atoms with E-state index in [2.05, 4.69) is 22.0 Å². The van der Waals surface area contributed by atoms with Gasteiger partial charge < -0.3 is 0 Å². The molecule has 5 heteroatoms. The number of nitriles is 1. The van der Waals surface area contributed by atoms with Crippen molar-refractivity contribution in [1.82, 2.24) is 9.36 Å². The Morgan fingerprint density at radius 1 is 1.75 bits per heavy atom. The van der Waals surface area contributed by atoms with E-state index in [4.69, 9.17) is 5.26 Å². The minimum Gasteiger partial charge on any atom is -0.199 e. The lowest BCUT2D eigenvalue weighted by Crippen LogP contribution is -1.71. The smallest absolute Gasteiger partial charge is 0.199 e. The predicted molar refractivity (Wildman–Crippen MR) is 31.9 cm³/mol. The first kappa shape index (κ1) is 5.54. The minimum atomic E-state index is 0.194. The van der Waals surface area contributed by atoms with Gasteiger partial charge in [0.15, 0.2) is 4.34 Å². The maximum absolute atomic E-state index is 8.15. The van der Waals surface area contributed by atoms with Gasteiger partial charge >= 0.3 is 0 Å². The highest BCUT2D eigenvalue weighted by atomic mass is 32.2. The molecule has 8 heavy (non-hydrogen) atoms. The topological polar surface area (TPSA) is 49.6 Å². The molecule has 40 valence electrons. The maximum atomic E-state index is 8.15. The Hall–Kier alpha value is -0.600. The highest BCUT2D eigenvalue weighted by Crippen LogP contribution is 2.06. The fraction of sp³-hybridized carbons (Fsp3) is 0. The first-order valence-corrected chi connectivity index (χ1v) is 2.98. The molecule has 0 saturated carbocycles. The number of thiol groups is 1. The van der Waals surface area contributed by atoms with Crippen LogP contribution in [0.3, 0.4) is 0 Å². The van der Waals surface area contributed by atoms with Crippen LogP contribution in [0.5, 0.6) is 0 Å².